The lowest BCUT2D eigenvalue weighted by Gasteiger charge is -2.05. The van der Waals surface area contributed by atoms with Crippen LogP contribution in [0, 0.1) is 0 Å². The summed E-state index contributed by atoms with van der Waals surface area (Å²) in [5.74, 6) is -0.0990. The average Bonchev–Trinajstić information content (AvgIpc) is 2.60. The third-order valence-corrected chi connectivity index (χ3v) is 3.51. The van der Waals surface area contributed by atoms with E-state index in [1.165, 1.54) is 6.21 Å². The first kappa shape index (κ1) is 17.7. The lowest BCUT2D eigenvalue weighted by molar-refractivity contribution is -0.120. The number of carbonyl (C=O) groups excluding carboxylic acids is 2. The molecule has 2 amide bonds. The number of benzene rings is 2. The highest BCUT2D eigenvalue weighted by Gasteiger charge is 2.07. The number of methoxy groups -OCH3 is 1. The van der Waals surface area contributed by atoms with Crippen LogP contribution in [0.25, 0.3) is 0 Å². The van der Waals surface area contributed by atoms with Gasteiger partial charge in [0.05, 0.1) is 19.9 Å². The fourth-order valence-corrected chi connectivity index (χ4v) is 2.23. The smallest absolute Gasteiger partial charge is 0.259 e. The van der Waals surface area contributed by atoms with E-state index in [4.69, 9.17) is 4.74 Å². The molecule has 2 N–H and O–H groups in total. The molecule has 2 aromatic carbocycles. The van der Waals surface area contributed by atoms with Crippen molar-refractivity contribution in [1.82, 2.24) is 10.7 Å². The van der Waals surface area contributed by atoms with E-state index in [1.807, 2.05) is 24.3 Å². The summed E-state index contributed by atoms with van der Waals surface area (Å²) in [5.41, 5.74) is 3.64. The quantitative estimate of drug-likeness (QED) is 0.587. The van der Waals surface area contributed by atoms with Crippen molar-refractivity contribution in [3.05, 3.63) is 64.1 Å². The summed E-state index contributed by atoms with van der Waals surface area (Å²) in [4.78, 5) is 23.6. The Balaban J connectivity index is 1.78. The second-order valence-electron chi connectivity index (χ2n) is 4.76. The number of hydrazone groups is 1. The van der Waals surface area contributed by atoms with E-state index in [0.29, 0.717) is 11.3 Å². The van der Waals surface area contributed by atoms with Crippen molar-refractivity contribution in [3.63, 3.8) is 0 Å². The highest BCUT2D eigenvalue weighted by molar-refractivity contribution is 9.10. The molecule has 0 aromatic heterocycles. The van der Waals surface area contributed by atoms with Crippen LogP contribution in [0.3, 0.4) is 0 Å². The Morgan fingerprint density at radius 3 is 2.62 bits per heavy atom. The van der Waals surface area contributed by atoms with Crippen LogP contribution in [-0.4, -0.2) is 31.7 Å². The second kappa shape index (κ2) is 8.83. The first-order chi connectivity index (χ1) is 11.6. The largest absolute Gasteiger partial charge is 0.497 e. The fourth-order valence-electron chi connectivity index (χ4n) is 1.81. The molecule has 6 nitrogen and oxygen atoms in total. The zero-order valence-electron chi connectivity index (χ0n) is 13.0. The molecule has 24 heavy (non-hydrogen) atoms. The SMILES string of the molecule is COc1ccc(C(=O)NCC(=O)N/N=C\c2cccc(Br)c2)cc1. The number of nitrogens with zero attached hydrogens (tertiary/aromatic N) is 1. The van der Waals surface area contributed by atoms with Crippen molar-refractivity contribution in [2.24, 2.45) is 5.10 Å². The minimum Gasteiger partial charge on any atom is -0.497 e. The maximum Gasteiger partial charge on any atom is 0.259 e. The third kappa shape index (κ3) is 5.51. The number of rotatable bonds is 6. The van der Waals surface area contributed by atoms with Gasteiger partial charge in [-0.15, -0.1) is 0 Å². The summed E-state index contributed by atoms with van der Waals surface area (Å²) in [5, 5.41) is 6.36. The van der Waals surface area contributed by atoms with Crippen LogP contribution in [0.4, 0.5) is 0 Å². The summed E-state index contributed by atoms with van der Waals surface area (Å²) in [6.45, 7) is -0.166. The van der Waals surface area contributed by atoms with Crippen molar-refractivity contribution in [3.8, 4) is 5.75 Å². The molecular weight excluding hydrogens is 374 g/mol. The molecule has 2 aromatic rings. The number of ether oxygens (including phenoxy) is 1. The molecule has 0 saturated carbocycles. The first-order valence-corrected chi connectivity index (χ1v) is 7.87. The summed E-state index contributed by atoms with van der Waals surface area (Å²) >= 11 is 3.35. The van der Waals surface area contributed by atoms with Gasteiger partial charge in [0.25, 0.3) is 11.8 Å². The van der Waals surface area contributed by atoms with Crippen LogP contribution in [-0.2, 0) is 4.79 Å². The maximum atomic E-state index is 11.9. The number of nitrogens with one attached hydrogen (secondary N) is 2. The normalized spacial score (nSPS) is 10.4. The van der Waals surface area contributed by atoms with E-state index >= 15 is 0 Å². The molecule has 0 bridgehead atoms. The molecule has 0 aliphatic carbocycles. The highest BCUT2D eigenvalue weighted by atomic mass is 79.9. The van der Waals surface area contributed by atoms with Crippen molar-refractivity contribution in [2.45, 2.75) is 0 Å². The van der Waals surface area contributed by atoms with E-state index in [-0.39, 0.29) is 12.5 Å². The summed E-state index contributed by atoms with van der Waals surface area (Å²) in [6, 6.07) is 14.1. The Kier molecular flexibility index (Phi) is 6.51. The molecular formula is C17H16BrN3O3. The number of amides is 2. The zero-order valence-corrected chi connectivity index (χ0v) is 14.5. The monoisotopic (exact) mass is 389 g/mol. The topological polar surface area (TPSA) is 79.8 Å². The van der Waals surface area contributed by atoms with Crippen LogP contribution in [0.1, 0.15) is 15.9 Å². The first-order valence-electron chi connectivity index (χ1n) is 7.08. The molecule has 0 heterocycles. The molecule has 0 atom stereocenters. The molecule has 124 valence electrons. The lowest BCUT2D eigenvalue weighted by Crippen LogP contribution is -2.34. The maximum absolute atomic E-state index is 11.9. The van der Waals surface area contributed by atoms with E-state index in [1.54, 1.807) is 31.4 Å². The van der Waals surface area contributed by atoms with Gasteiger partial charge in [0, 0.05) is 10.0 Å². The van der Waals surface area contributed by atoms with Gasteiger partial charge in [-0.3, -0.25) is 9.59 Å². The highest BCUT2D eigenvalue weighted by Crippen LogP contribution is 2.11. The summed E-state index contributed by atoms with van der Waals surface area (Å²) in [7, 11) is 1.55. The molecule has 0 saturated heterocycles. The van der Waals surface area contributed by atoms with E-state index in [0.717, 1.165) is 10.0 Å². The van der Waals surface area contributed by atoms with Crippen LogP contribution in [0.15, 0.2) is 58.1 Å². The number of hydrogen-bond acceptors (Lipinski definition) is 4. The predicted octanol–water partition coefficient (Wildman–Crippen LogP) is 2.34. The average molecular weight is 390 g/mol. The molecule has 7 heteroatoms. The minimum absolute atomic E-state index is 0.166. The van der Waals surface area contributed by atoms with Gasteiger partial charge in [0.15, 0.2) is 0 Å². The molecule has 0 fully saturated rings. The molecule has 0 radical (unpaired) electrons. The van der Waals surface area contributed by atoms with Gasteiger partial charge in [-0.2, -0.15) is 5.10 Å². The molecule has 0 unspecified atom stereocenters. The Morgan fingerprint density at radius 2 is 1.96 bits per heavy atom. The number of hydrogen-bond donors (Lipinski definition) is 2. The van der Waals surface area contributed by atoms with E-state index in [2.05, 4.69) is 31.8 Å². The lowest BCUT2D eigenvalue weighted by atomic mass is 10.2. The Morgan fingerprint density at radius 1 is 1.21 bits per heavy atom. The van der Waals surface area contributed by atoms with Gasteiger partial charge in [0.1, 0.15) is 5.75 Å². The van der Waals surface area contributed by atoms with Gasteiger partial charge in [0.2, 0.25) is 0 Å². The molecule has 0 aliphatic rings. The summed E-state index contributed by atoms with van der Waals surface area (Å²) < 4.78 is 5.94. The van der Waals surface area contributed by atoms with E-state index < -0.39 is 5.91 Å². The van der Waals surface area contributed by atoms with Gasteiger partial charge in [-0.1, -0.05) is 28.1 Å². The molecule has 2 rings (SSSR count). The van der Waals surface area contributed by atoms with Gasteiger partial charge in [-0.05, 0) is 42.0 Å². The summed E-state index contributed by atoms with van der Waals surface area (Å²) in [6.07, 6.45) is 1.52. The van der Waals surface area contributed by atoms with Crippen LogP contribution in [0.2, 0.25) is 0 Å². The van der Waals surface area contributed by atoms with Crippen LogP contribution >= 0.6 is 15.9 Å². The van der Waals surface area contributed by atoms with Crippen molar-refractivity contribution in [2.75, 3.05) is 13.7 Å². The van der Waals surface area contributed by atoms with Crippen molar-refractivity contribution < 1.29 is 14.3 Å². The zero-order chi connectivity index (χ0) is 17.4. The fraction of sp³-hybridized carbons (Fsp3) is 0.118. The third-order valence-electron chi connectivity index (χ3n) is 3.01. The molecule has 0 aliphatic heterocycles. The second-order valence-corrected chi connectivity index (χ2v) is 5.68. The van der Waals surface area contributed by atoms with Crippen LogP contribution < -0.4 is 15.5 Å². The van der Waals surface area contributed by atoms with Crippen molar-refractivity contribution in [1.29, 1.82) is 0 Å². The van der Waals surface area contributed by atoms with Gasteiger partial charge in [-0.25, -0.2) is 5.43 Å². The standard InChI is InChI=1S/C17H16BrN3O3/c1-24-15-7-5-13(6-8-15)17(23)19-11-16(22)21-20-10-12-3-2-4-14(18)9-12/h2-10H,11H2,1H3,(H,19,23)(H,21,22)/b20-10-. The van der Waals surface area contributed by atoms with Crippen molar-refractivity contribution >= 4 is 34.0 Å². The van der Waals surface area contributed by atoms with Gasteiger partial charge >= 0.3 is 0 Å². The van der Waals surface area contributed by atoms with Gasteiger partial charge < -0.3 is 10.1 Å². The van der Waals surface area contributed by atoms with E-state index in [9.17, 15) is 9.59 Å². The Bertz CT molecular complexity index is 745. The minimum atomic E-state index is -0.414. The number of halogens is 1. The van der Waals surface area contributed by atoms with Crippen LogP contribution in [0.5, 0.6) is 5.75 Å². The Hall–Kier alpha value is -2.67. The predicted molar refractivity (Wildman–Crippen MR) is 95.2 cm³/mol. The number of carbonyl (C=O) groups is 2. The molecule has 0 spiro atoms. The Labute approximate surface area is 148 Å².